The second-order valence-electron chi connectivity index (χ2n) is 4.03. The molecule has 0 aliphatic carbocycles. The first kappa shape index (κ1) is 12.3. The van der Waals surface area contributed by atoms with E-state index in [9.17, 15) is 14.9 Å². The van der Waals surface area contributed by atoms with E-state index >= 15 is 0 Å². The van der Waals surface area contributed by atoms with Crippen LogP contribution in [0.5, 0.6) is 5.75 Å². The fourth-order valence-corrected chi connectivity index (χ4v) is 1.73. The van der Waals surface area contributed by atoms with Gasteiger partial charge in [0.05, 0.1) is 4.92 Å². The van der Waals surface area contributed by atoms with Gasteiger partial charge < -0.3 is 9.47 Å². The van der Waals surface area contributed by atoms with Crippen LogP contribution in [0.4, 0.5) is 5.69 Å². The summed E-state index contributed by atoms with van der Waals surface area (Å²) >= 11 is 0. The summed E-state index contributed by atoms with van der Waals surface area (Å²) < 4.78 is 10.6. The first-order chi connectivity index (χ1) is 8.65. The van der Waals surface area contributed by atoms with Crippen LogP contribution in [0.15, 0.2) is 24.3 Å². The zero-order chi connectivity index (χ0) is 13.0. The van der Waals surface area contributed by atoms with Crippen molar-refractivity contribution in [3.05, 3.63) is 34.4 Å². The van der Waals surface area contributed by atoms with Crippen molar-refractivity contribution in [3.8, 4) is 5.75 Å². The van der Waals surface area contributed by atoms with Gasteiger partial charge in [0.1, 0.15) is 5.75 Å². The minimum atomic E-state index is -0.596. The van der Waals surface area contributed by atoms with Gasteiger partial charge in [-0.3, -0.25) is 14.9 Å². The third-order valence-corrected chi connectivity index (χ3v) is 2.65. The fraction of sp³-hybridized carbons (Fsp3) is 0.417. The number of cyclic esters (lactones) is 1. The summed E-state index contributed by atoms with van der Waals surface area (Å²) in [5, 5.41) is 10.5. The van der Waals surface area contributed by atoms with E-state index in [4.69, 9.17) is 9.47 Å². The van der Waals surface area contributed by atoms with Crippen molar-refractivity contribution in [2.24, 2.45) is 0 Å². The molecule has 1 aromatic rings. The molecule has 1 atom stereocenters. The molecule has 0 N–H and O–H groups in total. The van der Waals surface area contributed by atoms with Crippen molar-refractivity contribution < 1.29 is 19.2 Å². The number of nitrogens with zero attached hydrogens (tertiary/aromatic N) is 1. The Morgan fingerprint density at radius 3 is 2.67 bits per heavy atom. The van der Waals surface area contributed by atoms with E-state index in [0.29, 0.717) is 18.6 Å². The number of carbonyl (C=O) groups excluding carboxylic acids is 1. The highest BCUT2D eigenvalue weighted by Crippen LogP contribution is 2.22. The predicted molar refractivity (Wildman–Crippen MR) is 62.1 cm³/mol. The van der Waals surface area contributed by atoms with Crippen LogP contribution in [-0.2, 0) is 9.53 Å². The number of hydrogen-bond acceptors (Lipinski definition) is 5. The van der Waals surface area contributed by atoms with Crippen molar-refractivity contribution in [2.45, 2.75) is 32.0 Å². The maximum atomic E-state index is 11.2. The minimum absolute atomic E-state index is 0.000195. The number of non-ortho nitro benzene ring substituents is 1. The highest BCUT2D eigenvalue weighted by Gasteiger charge is 2.19. The lowest BCUT2D eigenvalue weighted by Crippen LogP contribution is -2.21. The standard InChI is InChI=1S/C12H13NO5/c14-11-3-1-2-4-12(18-11)17-10-7-5-9(6-8-10)13(15)16/h5-8,12H,1-4H2. The number of carbonyl (C=O) groups is 1. The maximum Gasteiger partial charge on any atom is 0.308 e. The van der Waals surface area contributed by atoms with E-state index in [2.05, 4.69) is 0 Å². The lowest BCUT2D eigenvalue weighted by Gasteiger charge is -2.16. The molecule has 1 aliphatic rings. The van der Waals surface area contributed by atoms with Gasteiger partial charge in [0, 0.05) is 25.0 Å². The van der Waals surface area contributed by atoms with Gasteiger partial charge in [0.2, 0.25) is 6.29 Å². The molecule has 0 amide bonds. The summed E-state index contributed by atoms with van der Waals surface area (Å²) in [6, 6.07) is 5.70. The molecular weight excluding hydrogens is 238 g/mol. The van der Waals surface area contributed by atoms with Gasteiger partial charge in [-0.2, -0.15) is 0 Å². The van der Waals surface area contributed by atoms with Gasteiger partial charge in [0.25, 0.3) is 5.69 Å². The molecule has 0 bridgehead atoms. The number of esters is 1. The molecule has 18 heavy (non-hydrogen) atoms. The van der Waals surface area contributed by atoms with E-state index in [-0.39, 0.29) is 11.7 Å². The predicted octanol–water partition coefficient (Wildman–Crippen LogP) is 2.42. The third kappa shape index (κ3) is 3.19. The van der Waals surface area contributed by atoms with Crippen molar-refractivity contribution in [3.63, 3.8) is 0 Å². The molecule has 1 aliphatic heterocycles. The Kier molecular flexibility index (Phi) is 3.76. The first-order valence-electron chi connectivity index (χ1n) is 5.76. The van der Waals surface area contributed by atoms with Gasteiger partial charge >= 0.3 is 5.97 Å². The van der Waals surface area contributed by atoms with E-state index in [1.165, 1.54) is 24.3 Å². The Hall–Kier alpha value is -2.11. The maximum absolute atomic E-state index is 11.2. The first-order valence-corrected chi connectivity index (χ1v) is 5.76. The average molecular weight is 251 g/mol. The van der Waals surface area contributed by atoms with E-state index in [1.807, 2.05) is 0 Å². The Labute approximate surface area is 104 Å². The normalized spacial score (nSPS) is 19.8. The molecule has 1 aromatic carbocycles. The molecule has 6 nitrogen and oxygen atoms in total. The molecule has 0 radical (unpaired) electrons. The molecule has 2 rings (SSSR count). The highest BCUT2D eigenvalue weighted by atomic mass is 16.7. The van der Waals surface area contributed by atoms with Crippen LogP contribution in [0, 0.1) is 10.1 Å². The minimum Gasteiger partial charge on any atom is -0.455 e. The summed E-state index contributed by atoms with van der Waals surface area (Å²) in [6.07, 6.45) is 2.13. The number of hydrogen-bond donors (Lipinski definition) is 0. The molecule has 1 saturated heterocycles. The fourth-order valence-electron chi connectivity index (χ4n) is 1.73. The molecule has 1 fully saturated rings. The average Bonchev–Trinajstić information content (AvgIpc) is 2.54. The Morgan fingerprint density at radius 2 is 2.00 bits per heavy atom. The van der Waals surface area contributed by atoms with Crippen molar-refractivity contribution in [2.75, 3.05) is 0 Å². The van der Waals surface area contributed by atoms with Crippen molar-refractivity contribution in [1.82, 2.24) is 0 Å². The van der Waals surface area contributed by atoms with Crippen LogP contribution < -0.4 is 4.74 Å². The summed E-state index contributed by atoms with van der Waals surface area (Å²) in [4.78, 5) is 21.2. The number of rotatable bonds is 3. The van der Waals surface area contributed by atoms with Gasteiger partial charge in [-0.25, -0.2) is 0 Å². The van der Waals surface area contributed by atoms with Crippen LogP contribution in [0.1, 0.15) is 25.7 Å². The van der Waals surface area contributed by atoms with E-state index in [1.54, 1.807) is 0 Å². The van der Waals surface area contributed by atoms with Crippen LogP contribution in [0.3, 0.4) is 0 Å². The zero-order valence-corrected chi connectivity index (χ0v) is 9.70. The van der Waals surface area contributed by atoms with Gasteiger partial charge in [0.15, 0.2) is 0 Å². The van der Waals surface area contributed by atoms with E-state index in [0.717, 1.165) is 12.8 Å². The lowest BCUT2D eigenvalue weighted by atomic mass is 10.2. The third-order valence-electron chi connectivity index (χ3n) is 2.65. The molecule has 1 heterocycles. The molecule has 0 spiro atoms. The number of ether oxygens (including phenoxy) is 2. The smallest absolute Gasteiger partial charge is 0.308 e. The van der Waals surface area contributed by atoms with Gasteiger partial charge in [-0.15, -0.1) is 0 Å². The molecule has 1 unspecified atom stereocenters. The Balaban J connectivity index is 1.99. The zero-order valence-electron chi connectivity index (χ0n) is 9.70. The van der Waals surface area contributed by atoms with Crippen molar-refractivity contribution in [1.29, 1.82) is 0 Å². The van der Waals surface area contributed by atoms with Crippen molar-refractivity contribution >= 4 is 11.7 Å². The second-order valence-corrected chi connectivity index (χ2v) is 4.03. The van der Waals surface area contributed by atoms with Gasteiger partial charge in [-0.1, -0.05) is 0 Å². The number of nitro benzene ring substituents is 1. The summed E-state index contributed by atoms with van der Waals surface area (Å²) in [7, 11) is 0. The summed E-state index contributed by atoms with van der Waals surface area (Å²) in [5.41, 5.74) is 0.000195. The highest BCUT2D eigenvalue weighted by molar-refractivity contribution is 5.69. The van der Waals surface area contributed by atoms with Crippen LogP contribution in [0.25, 0.3) is 0 Å². The Bertz CT molecular complexity index is 442. The molecule has 96 valence electrons. The quantitative estimate of drug-likeness (QED) is 0.468. The monoisotopic (exact) mass is 251 g/mol. The SMILES string of the molecule is O=C1CCCCC(Oc2ccc([N+](=O)[O-])cc2)O1. The molecule has 6 heteroatoms. The lowest BCUT2D eigenvalue weighted by molar-refractivity contribution is -0.384. The summed E-state index contributed by atoms with van der Waals surface area (Å²) in [6.45, 7) is 0. The topological polar surface area (TPSA) is 78.7 Å². The van der Waals surface area contributed by atoms with E-state index < -0.39 is 11.2 Å². The van der Waals surface area contributed by atoms with Crippen LogP contribution in [0.2, 0.25) is 0 Å². The largest absolute Gasteiger partial charge is 0.455 e. The number of benzene rings is 1. The second kappa shape index (κ2) is 5.48. The number of nitro groups is 1. The summed E-state index contributed by atoms with van der Waals surface area (Å²) in [5.74, 6) is 0.194. The van der Waals surface area contributed by atoms with Crippen LogP contribution >= 0.6 is 0 Å². The molecule has 0 aromatic heterocycles. The molecular formula is C12H13NO5. The molecule has 0 saturated carbocycles. The Morgan fingerprint density at radius 1 is 1.28 bits per heavy atom. The van der Waals surface area contributed by atoms with Crippen LogP contribution in [-0.4, -0.2) is 17.2 Å². The van der Waals surface area contributed by atoms with Gasteiger partial charge in [-0.05, 0) is 25.0 Å².